The first-order valence-corrected chi connectivity index (χ1v) is 6.31. The molecule has 1 unspecified atom stereocenters. The highest BCUT2D eigenvalue weighted by Crippen LogP contribution is 2.30. The Hall–Kier alpha value is -2.16. The van der Waals surface area contributed by atoms with Gasteiger partial charge in [-0.1, -0.05) is 24.3 Å². The van der Waals surface area contributed by atoms with E-state index in [-0.39, 0.29) is 11.8 Å². The molecule has 0 amide bonds. The van der Waals surface area contributed by atoms with E-state index in [9.17, 15) is 5.11 Å². The van der Waals surface area contributed by atoms with Crippen LogP contribution in [0.5, 0.6) is 11.5 Å². The van der Waals surface area contributed by atoms with Crippen molar-refractivity contribution in [3.63, 3.8) is 0 Å². The van der Waals surface area contributed by atoms with E-state index in [1.54, 1.807) is 13.2 Å². The van der Waals surface area contributed by atoms with Crippen LogP contribution in [-0.2, 0) is 0 Å². The Labute approximate surface area is 113 Å². The predicted molar refractivity (Wildman–Crippen MR) is 77.9 cm³/mol. The number of methoxy groups -OCH3 is 1. The Kier molecular flexibility index (Phi) is 3.95. The van der Waals surface area contributed by atoms with E-state index in [4.69, 9.17) is 4.74 Å². The minimum Gasteiger partial charge on any atom is -0.504 e. The molecule has 0 saturated heterocycles. The second kappa shape index (κ2) is 5.65. The Morgan fingerprint density at radius 2 is 1.89 bits per heavy atom. The van der Waals surface area contributed by atoms with E-state index in [0.717, 1.165) is 11.3 Å². The molecule has 0 aromatic heterocycles. The molecule has 2 rings (SSSR count). The number of hydrogen-bond donors (Lipinski definition) is 2. The van der Waals surface area contributed by atoms with Crippen molar-refractivity contribution in [3.05, 3.63) is 53.6 Å². The number of ether oxygens (including phenoxy) is 1. The molecule has 0 aliphatic heterocycles. The van der Waals surface area contributed by atoms with E-state index < -0.39 is 0 Å². The third kappa shape index (κ3) is 2.99. The van der Waals surface area contributed by atoms with Gasteiger partial charge in [-0.25, -0.2) is 0 Å². The molecular formula is C16H19NO2. The van der Waals surface area contributed by atoms with Crippen LogP contribution in [0.2, 0.25) is 0 Å². The lowest BCUT2D eigenvalue weighted by Crippen LogP contribution is -2.07. The van der Waals surface area contributed by atoms with Gasteiger partial charge in [0.1, 0.15) is 0 Å². The number of nitrogens with one attached hydrogen (secondary N) is 1. The lowest BCUT2D eigenvalue weighted by molar-refractivity contribution is 0.373. The zero-order chi connectivity index (χ0) is 13.8. The first-order chi connectivity index (χ1) is 9.11. The Morgan fingerprint density at radius 3 is 2.58 bits per heavy atom. The molecule has 100 valence electrons. The fraction of sp³-hybridized carbons (Fsp3) is 0.250. The van der Waals surface area contributed by atoms with Crippen LogP contribution >= 0.6 is 0 Å². The molecule has 0 radical (unpaired) electrons. The van der Waals surface area contributed by atoms with Gasteiger partial charge < -0.3 is 15.2 Å². The summed E-state index contributed by atoms with van der Waals surface area (Å²) in [7, 11) is 1.55. The topological polar surface area (TPSA) is 41.5 Å². The van der Waals surface area contributed by atoms with Crippen LogP contribution in [0.4, 0.5) is 5.69 Å². The molecule has 19 heavy (non-hydrogen) atoms. The fourth-order valence-corrected chi connectivity index (χ4v) is 2.01. The summed E-state index contributed by atoms with van der Waals surface area (Å²) in [6.45, 7) is 4.16. The van der Waals surface area contributed by atoms with Crippen LogP contribution in [0.15, 0.2) is 42.5 Å². The van der Waals surface area contributed by atoms with Crippen molar-refractivity contribution in [1.82, 2.24) is 0 Å². The average Bonchev–Trinajstić information content (AvgIpc) is 2.42. The minimum absolute atomic E-state index is 0.135. The Morgan fingerprint density at radius 1 is 1.16 bits per heavy atom. The van der Waals surface area contributed by atoms with Gasteiger partial charge in [0.2, 0.25) is 0 Å². The molecule has 0 aliphatic rings. The van der Waals surface area contributed by atoms with E-state index in [1.807, 2.05) is 24.3 Å². The van der Waals surface area contributed by atoms with E-state index in [1.165, 1.54) is 5.56 Å². The maximum absolute atomic E-state index is 9.61. The van der Waals surface area contributed by atoms with Gasteiger partial charge in [0.25, 0.3) is 0 Å². The number of benzene rings is 2. The summed E-state index contributed by atoms with van der Waals surface area (Å²) in [4.78, 5) is 0. The second-order valence-electron chi connectivity index (χ2n) is 4.61. The van der Waals surface area contributed by atoms with Crippen LogP contribution in [0.3, 0.4) is 0 Å². The number of para-hydroxylation sites is 1. The summed E-state index contributed by atoms with van der Waals surface area (Å²) in [6.07, 6.45) is 0. The normalized spacial score (nSPS) is 11.9. The molecule has 2 N–H and O–H groups in total. The maximum atomic E-state index is 9.61. The van der Waals surface area contributed by atoms with Crippen molar-refractivity contribution in [2.24, 2.45) is 0 Å². The molecule has 0 spiro atoms. The highest BCUT2D eigenvalue weighted by Gasteiger charge is 2.10. The van der Waals surface area contributed by atoms with Gasteiger partial charge in [-0.2, -0.15) is 0 Å². The molecular weight excluding hydrogens is 238 g/mol. The standard InChI is InChI=1S/C16H19NO2/c1-11-6-4-5-7-14(11)17-12(2)13-8-9-15(18)16(10-13)19-3/h4-10,12,17-18H,1-3H3. The van der Waals surface area contributed by atoms with Crippen LogP contribution < -0.4 is 10.1 Å². The molecule has 0 fully saturated rings. The molecule has 0 bridgehead atoms. The molecule has 0 aliphatic carbocycles. The SMILES string of the molecule is COc1cc(C(C)Nc2ccccc2C)ccc1O. The fourth-order valence-electron chi connectivity index (χ4n) is 2.01. The molecule has 1 atom stereocenters. The smallest absolute Gasteiger partial charge is 0.160 e. The summed E-state index contributed by atoms with van der Waals surface area (Å²) in [5.74, 6) is 0.658. The monoisotopic (exact) mass is 257 g/mol. The number of aryl methyl sites for hydroxylation is 1. The molecule has 3 heteroatoms. The third-order valence-electron chi connectivity index (χ3n) is 3.22. The first-order valence-electron chi connectivity index (χ1n) is 6.31. The van der Waals surface area contributed by atoms with Gasteiger partial charge in [-0.15, -0.1) is 0 Å². The summed E-state index contributed by atoms with van der Waals surface area (Å²) < 4.78 is 5.13. The molecule has 2 aromatic carbocycles. The molecule has 3 nitrogen and oxygen atoms in total. The largest absolute Gasteiger partial charge is 0.504 e. The second-order valence-corrected chi connectivity index (χ2v) is 4.61. The zero-order valence-electron chi connectivity index (χ0n) is 11.5. The molecule has 0 saturated carbocycles. The van der Waals surface area contributed by atoms with Gasteiger partial charge in [0.05, 0.1) is 7.11 Å². The molecule has 2 aromatic rings. The first kappa shape index (κ1) is 13.3. The van der Waals surface area contributed by atoms with Crippen molar-refractivity contribution in [1.29, 1.82) is 0 Å². The highest BCUT2D eigenvalue weighted by molar-refractivity contribution is 5.52. The highest BCUT2D eigenvalue weighted by atomic mass is 16.5. The number of phenols is 1. The minimum atomic E-state index is 0.135. The van der Waals surface area contributed by atoms with Gasteiger partial charge in [-0.05, 0) is 43.2 Å². The number of rotatable bonds is 4. The van der Waals surface area contributed by atoms with Gasteiger partial charge in [0.15, 0.2) is 11.5 Å². The van der Waals surface area contributed by atoms with Crippen LogP contribution in [0, 0.1) is 6.92 Å². The van der Waals surface area contributed by atoms with Crippen molar-refractivity contribution < 1.29 is 9.84 Å². The quantitative estimate of drug-likeness (QED) is 0.873. The zero-order valence-corrected chi connectivity index (χ0v) is 11.5. The lowest BCUT2D eigenvalue weighted by atomic mass is 10.1. The average molecular weight is 257 g/mol. The number of phenolic OH excluding ortho intramolecular Hbond substituents is 1. The van der Waals surface area contributed by atoms with Gasteiger partial charge >= 0.3 is 0 Å². The van der Waals surface area contributed by atoms with Crippen molar-refractivity contribution in [2.75, 3.05) is 12.4 Å². The van der Waals surface area contributed by atoms with Crippen LogP contribution in [-0.4, -0.2) is 12.2 Å². The Bertz CT molecular complexity index is 566. The maximum Gasteiger partial charge on any atom is 0.160 e. The van der Waals surface area contributed by atoms with Crippen molar-refractivity contribution in [2.45, 2.75) is 19.9 Å². The van der Waals surface area contributed by atoms with E-state index in [2.05, 4.69) is 31.3 Å². The van der Waals surface area contributed by atoms with Crippen LogP contribution in [0.25, 0.3) is 0 Å². The summed E-state index contributed by atoms with van der Waals surface area (Å²) in [5, 5.41) is 13.1. The van der Waals surface area contributed by atoms with Crippen molar-refractivity contribution in [3.8, 4) is 11.5 Å². The van der Waals surface area contributed by atoms with E-state index in [0.29, 0.717) is 5.75 Å². The summed E-state index contributed by atoms with van der Waals surface area (Å²) in [6, 6.07) is 13.7. The van der Waals surface area contributed by atoms with E-state index >= 15 is 0 Å². The Balaban J connectivity index is 2.20. The number of hydrogen-bond acceptors (Lipinski definition) is 3. The lowest BCUT2D eigenvalue weighted by Gasteiger charge is -2.18. The summed E-state index contributed by atoms with van der Waals surface area (Å²) in [5.41, 5.74) is 3.39. The van der Waals surface area contributed by atoms with Gasteiger partial charge in [-0.3, -0.25) is 0 Å². The van der Waals surface area contributed by atoms with Crippen molar-refractivity contribution >= 4 is 5.69 Å². The number of anilines is 1. The molecule has 0 heterocycles. The predicted octanol–water partition coefficient (Wildman–Crippen LogP) is 3.88. The summed E-state index contributed by atoms with van der Waals surface area (Å²) >= 11 is 0. The van der Waals surface area contributed by atoms with Crippen LogP contribution in [0.1, 0.15) is 24.1 Å². The number of aromatic hydroxyl groups is 1. The third-order valence-corrected chi connectivity index (χ3v) is 3.22. The van der Waals surface area contributed by atoms with Gasteiger partial charge in [0, 0.05) is 11.7 Å².